The van der Waals surface area contributed by atoms with Crippen molar-refractivity contribution in [3.05, 3.63) is 29.3 Å². The van der Waals surface area contributed by atoms with E-state index in [1.54, 1.807) is 0 Å². The summed E-state index contributed by atoms with van der Waals surface area (Å²) in [6.07, 6.45) is 5.73. The van der Waals surface area contributed by atoms with Crippen LogP contribution in [0.25, 0.3) is 0 Å². The first-order valence-electron chi connectivity index (χ1n) is 6.65. The van der Waals surface area contributed by atoms with E-state index < -0.39 is 5.97 Å². The standard InChI is InChI=1S/C15H20O4.Ca.2H/c1-2-3-4-5-6-7-13(16)11-8-9-14(17)12(10-11)15(18)19;;;/h8-10,17H,2-7H2,1H3,(H,18,19);;;/q;+2;2*-1. The van der Waals surface area contributed by atoms with E-state index in [-0.39, 0.29) is 57.7 Å². The van der Waals surface area contributed by atoms with Crippen molar-refractivity contribution in [1.82, 2.24) is 0 Å². The van der Waals surface area contributed by atoms with Crippen LogP contribution in [0, 0.1) is 0 Å². The third kappa shape index (κ3) is 6.25. The first-order valence-corrected chi connectivity index (χ1v) is 6.65. The molecule has 4 nitrogen and oxygen atoms in total. The van der Waals surface area contributed by atoms with Crippen LogP contribution in [0.5, 0.6) is 5.75 Å². The van der Waals surface area contributed by atoms with Crippen LogP contribution in [-0.2, 0) is 0 Å². The first kappa shape index (κ1) is 19.4. The van der Waals surface area contributed by atoms with Gasteiger partial charge in [0.05, 0.1) is 0 Å². The van der Waals surface area contributed by atoms with Gasteiger partial charge in [-0.2, -0.15) is 0 Å². The Bertz CT molecular complexity index is 467. The molecule has 20 heavy (non-hydrogen) atoms. The largest absolute Gasteiger partial charge is 2.00 e. The molecule has 0 aliphatic rings. The van der Waals surface area contributed by atoms with Gasteiger partial charge < -0.3 is 13.1 Å². The minimum absolute atomic E-state index is 0. The molecule has 0 fully saturated rings. The van der Waals surface area contributed by atoms with E-state index in [0.29, 0.717) is 12.0 Å². The third-order valence-electron chi connectivity index (χ3n) is 3.06. The van der Waals surface area contributed by atoms with Crippen molar-refractivity contribution in [3.8, 4) is 5.75 Å². The quantitative estimate of drug-likeness (QED) is 0.438. The molecule has 0 unspecified atom stereocenters. The number of hydrogen-bond acceptors (Lipinski definition) is 3. The summed E-state index contributed by atoms with van der Waals surface area (Å²) in [5, 5.41) is 18.2. The molecule has 0 bridgehead atoms. The van der Waals surface area contributed by atoms with E-state index in [2.05, 4.69) is 6.92 Å². The molecule has 0 aliphatic carbocycles. The fourth-order valence-electron chi connectivity index (χ4n) is 1.91. The second kappa shape index (κ2) is 10.2. The molecule has 0 amide bonds. The summed E-state index contributed by atoms with van der Waals surface area (Å²) in [4.78, 5) is 22.7. The van der Waals surface area contributed by atoms with Gasteiger partial charge in [-0.25, -0.2) is 4.79 Å². The molecule has 0 heterocycles. The van der Waals surface area contributed by atoms with Crippen molar-refractivity contribution in [1.29, 1.82) is 0 Å². The molecule has 0 aromatic heterocycles. The number of aromatic carboxylic acids is 1. The number of phenols is 1. The Labute approximate surface area is 152 Å². The van der Waals surface area contributed by atoms with E-state index in [4.69, 9.17) is 5.11 Å². The number of ketones is 1. The number of rotatable bonds is 8. The third-order valence-corrected chi connectivity index (χ3v) is 3.06. The van der Waals surface area contributed by atoms with Crippen LogP contribution in [0.15, 0.2) is 18.2 Å². The number of aromatic hydroxyl groups is 1. The van der Waals surface area contributed by atoms with Gasteiger partial charge in [0.1, 0.15) is 11.3 Å². The number of carbonyl (C=O) groups excluding carboxylic acids is 1. The van der Waals surface area contributed by atoms with E-state index in [9.17, 15) is 14.7 Å². The van der Waals surface area contributed by atoms with Crippen LogP contribution in [-0.4, -0.2) is 59.7 Å². The molecule has 0 radical (unpaired) electrons. The van der Waals surface area contributed by atoms with Gasteiger partial charge in [-0.1, -0.05) is 32.6 Å². The van der Waals surface area contributed by atoms with Crippen LogP contribution >= 0.6 is 0 Å². The number of benzene rings is 1. The molecule has 0 atom stereocenters. The summed E-state index contributed by atoms with van der Waals surface area (Å²) in [6, 6.07) is 3.97. The van der Waals surface area contributed by atoms with Crippen molar-refractivity contribution in [2.75, 3.05) is 0 Å². The predicted octanol–water partition coefficient (Wildman–Crippen LogP) is 3.48. The zero-order valence-corrected chi connectivity index (χ0v) is 14.1. The van der Waals surface area contributed by atoms with Gasteiger partial charge in [0, 0.05) is 12.0 Å². The molecule has 5 heteroatoms. The van der Waals surface area contributed by atoms with Crippen LogP contribution < -0.4 is 0 Å². The Kier molecular flexibility index (Phi) is 9.90. The molecule has 2 N–H and O–H groups in total. The van der Waals surface area contributed by atoms with Crippen molar-refractivity contribution in [3.63, 3.8) is 0 Å². The average molecular weight is 306 g/mol. The van der Waals surface area contributed by atoms with E-state index >= 15 is 0 Å². The van der Waals surface area contributed by atoms with Crippen LogP contribution in [0.1, 0.15) is 69.0 Å². The van der Waals surface area contributed by atoms with Crippen molar-refractivity contribution in [2.24, 2.45) is 0 Å². The fraction of sp³-hybridized carbons (Fsp3) is 0.467. The van der Waals surface area contributed by atoms with Gasteiger partial charge in [-0.3, -0.25) is 4.79 Å². The number of unbranched alkanes of at least 4 members (excludes halogenated alkanes) is 4. The van der Waals surface area contributed by atoms with E-state index in [1.165, 1.54) is 24.6 Å². The Morgan fingerprint density at radius 3 is 2.40 bits per heavy atom. The normalized spacial score (nSPS) is 9.85. The minimum Gasteiger partial charge on any atom is -1.00 e. The molecule has 0 spiro atoms. The van der Waals surface area contributed by atoms with Crippen molar-refractivity contribution < 1.29 is 22.7 Å². The van der Waals surface area contributed by atoms with Gasteiger partial charge in [0.15, 0.2) is 5.78 Å². The second-order valence-electron chi connectivity index (χ2n) is 4.62. The number of carbonyl (C=O) groups is 2. The Morgan fingerprint density at radius 1 is 1.15 bits per heavy atom. The number of carboxylic acid groups (broad SMARTS) is 1. The zero-order valence-electron chi connectivity index (χ0n) is 13.9. The van der Waals surface area contributed by atoms with Gasteiger partial charge in [-0.15, -0.1) is 0 Å². The minimum atomic E-state index is -1.23. The van der Waals surface area contributed by atoms with Crippen LogP contribution in [0.3, 0.4) is 0 Å². The summed E-state index contributed by atoms with van der Waals surface area (Å²) < 4.78 is 0. The molecule has 108 valence electrons. The topological polar surface area (TPSA) is 74.6 Å². The maximum absolute atomic E-state index is 11.9. The summed E-state index contributed by atoms with van der Waals surface area (Å²) in [7, 11) is 0. The SMILES string of the molecule is CCCCCCCC(=O)c1ccc(O)c(C(=O)O)c1.[Ca+2].[H-].[H-]. The smallest absolute Gasteiger partial charge is 1.00 e. The predicted molar refractivity (Wildman–Crippen MR) is 80.8 cm³/mol. The van der Waals surface area contributed by atoms with Gasteiger partial charge in [0.2, 0.25) is 0 Å². The fourth-order valence-corrected chi connectivity index (χ4v) is 1.91. The summed E-state index contributed by atoms with van der Waals surface area (Å²) in [6.45, 7) is 2.13. The van der Waals surface area contributed by atoms with E-state index in [0.717, 1.165) is 25.7 Å². The molecule has 0 aliphatic heterocycles. The summed E-state index contributed by atoms with van der Waals surface area (Å²) in [5.74, 6) is -1.61. The average Bonchev–Trinajstić information content (AvgIpc) is 2.38. The van der Waals surface area contributed by atoms with Gasteiger partial charge >= 0.3 is 43.7 Å². The first-order chi connectivity index (χ1) is 9.06. The zero-order chi connectivity index (χ0) is 14.3. The maximum atomic E-state index is 11.9. The Morgan fingerprint density at radius 2 is 1.80 bits per heavy atom. The number of carboxylic acids is 1. The molecular weight excluding hydrogens is 284 g/mol. The number of hydrogen-bond donors (Lipinski definition) is 2. The number of Topliss-reactive ketones (excluding diaryl/α,β-unsaturated/α-hetero) is 1. The second-order valence-corrected chi connectivity index (χ2v) is 4.62. The van der Waals surface area contributed by atoms with Crippen LogP contribution in [0.4, 0.5) is 0 Å². The van der Waals surface area contributed by atoms with Crippen molar-refractivity contribution in [2.45, 2.75) is 45.4 Å². The monoisotopic (exact) mass is 306 g/mol. The molecule has 1 aromatic carbocycles. The maximum Gasteiger partial charge on any atom is 2.00 e. The van der Waals surface area contributed by atoms with Crippen LogP contribution in [0.2, 0.25) is 0 Å². The molecule has 1 aromatic rings. The Balaban J connectivity index is -0.00000120. The molecule has 1 rings (SSSR count). The molecular formula is C15H22CaO4. The summed E-state index contributed by atoms with van der Waals surface area (Å²) >= 11 is 0. The van der Waals surface area contributed by atoms with Crippen molar-refractivity contribution >= 4 is 49.5 Å². The van der Waals surface area contributed by atoms with Gasteiger partial charge in [-0.05, 0) is 24.6 Å². The Hall–Kier alpha value is -0.580. The molecule has 0 saturated carbocycles. The molecule has 0 saturated heterocycles. The van der Waals surface area contributed by atoms with Gasteiger partial charge in [0.25, 0.3) is 0 Å². The summed E-state index contributed by atoms with van der Waals surface area (Å²) in [5.41, 5.74) is 0.127. The van der Waals surface area contributed by atoms with E-state index in [1.807, 2.05) is 0 Å².